The fourth-order valence-electron chi connectivity index (χ4n) is 0.828. The highest BCUT2D eigenvalue weighted by atomic mass is 16.5. The van der Waals surface area contributed by atoms with Crippen molar-refractivity contribution in [3.05, 3.63) is 0 Å². The van der Waals surface area contributed by atoms with Gasteiger partial charge in [-0.2, -0.15) is 0 Å². The van der Waals surface area contributed by atoms with Crippen LogP contribution in [0.15, 0.2) is 0 Å². The predicted octanol–water partition coefficient (Wildman–Crippen LogP) is -0.817. The van der Waals surface area contributed by atoms with E-state index < -0.39 is 17.6 Å². The number of hydrogen-bond donors (Lipinski definition) is 2. The van der Waals surface area contributed by atoms with Crippen molar-refractivity contribution in [1.29, 1.82) is 0 Å². The van der Waals surface area contributed by atoms with E-state index in [9.17, 15) is 9.59 Å². The van der Waals surface area contributed by atoms with E-state index in [1.54, 1.807) is 6.92 Å². The Kier molecular flexibility index (Phi) is 4.03. The third-order valence-electron chi connectivity index (χ3n) is 1.70. The normalized spacial score (nSPS) is 17.3. The van der Waals surface area contributed by atoms with Crippen LogP contribution >= 0.6 is 0 Å². The number of hydrogen-bond acceptors (Lipinski definition) is 5. The second kappa shape index (κ2) is 4.34. The summed E-state index contributed by atoms with van der Waals surface area (Å²) in [6, 6.07) is -0.604. The summed E-state index contributed by atoms with van der Waals surface area (Å²) in [7, 11) is 1.23. The Bertz CT molecular complexity index is 211. The number of Topliss-reactive ketones (excluding diaryl/α,β-unsaturated/α-hetero) is 1. The summed E-state index contributed by atoms with van der Waals surface area (Å²) in [6.07, 6.45) is -0.0999. The lowest BCUT2D eigenvalue weighted by molar-refractivity contribution is -0.148. The van der Waals surface area contributed by atoms with Gasteiger partial charge in [0, 0.05) is 6.42 Å². The lowest BCUT2D eigenvalue weighted by Gasteiger charge is -2.21. The Morgan fingerprint density at radius 1 is 1.54 bits per heavy atom. The van der Waals surface area contributed by atoms with Crippen molar-refractivity contribution in [1.82, 2.24) is 0 Å². The Hall–Kier alpha value is -0.940. The van der Waals surface area contributed by atoms with Gasteiger partial charge < -0.3 is 16.2 Å². The molecule has 0 heterocycles. The van der Waals surface area contributed by atoms with Gasteiger partial charge in [-0.05, 0) is 13.8 Å². The monoisotopic (exact) mass is 188 g/mol. The van der Waals surface area contributed by atoms with E-state index >= 15 is 0 Å². The zero-order valence-electron chi connectivity index (χ0n) is 8.16. The van der Waals surface area contributed by atoms with E-state index in [0.717, 1.165) is 0 Å². The molecule has 0 radical (unpaired) electrons. The predicted molar refractivity (Wildman–Crippen MR) is 47.9 cm³/mol. The van der Waals surface area contributed by atoms with Gasteiger partial charge in [-0.3, -0.25) is 9.59 Å². The van der Waals surface area contributed by atoms with Crippen LogP contribution in [0.1, 0.15) is 20.3 Å². The summed E-state index contributed by atoms with van der Waals surface area (Å²) in [5.41, 5.74) is 9.61. The second-order valence-electron chi connectivity index (χ2n) is 3.34. The minimum atomic E-state index is -1.28. The van der Waals surface area contributed by atoms with Crippen molar-refractivity contribution in [3.8, 4) is 0 Å². The summed E-state index contributed by atoms with van der Waals surface area (Å²) in [4.78, 5) is 22.2. The highest BCUT2D eigenvalue weighted by molar-refractivity contribution is 5.91. The minimum absolute atomic E-state index is 0.0999. The number of carbonyl (C=O) groups excluding carboxylic acids is 2. The van der Waals surface area contributed by atoms with Crippen LogP contribution in [0.25, 0.3) is 0 Å². The molecular formula is C8H16N2O3. The molecule has 0 bridgehead atoms. The summed E-state index contributed by atoms with van der Waals surface area (Å²) in [6.45, 7) is 2.99. The van der Waals surface area contributed by atoms with Gasteiger partial charge in [-0.25, -0.2) is 0 Å². The van der Waals surface area contributed by atoms with Gasteiger partial charge in [0.1, 0.15) is 5.54 Å². The quantitative estimate of drug-likeness (QED) is 0.562. The lowest BCUT2D eigenvalue weighted by Crippen LogP contribution is -2.49. The van der Waals surface area contributed by atoms with Crippen LogP contribution in [0.3, 0.4) is 0 Å². The fourth-order valence-corrected chi connectivity index (χ4v) is 0.828. The Labute approximate surface area is 77.4 Å². The molecule has 5 nitrogen and oxygen atoms in total. The van der Waals surface area contributed by atoms with Crippen molar-refractivity contribution >= 4 is 11.8 Å². The summed E-state index contributed by atoms with van der Waals surface area (Å²) < 4.78 is 4.44. The van der Waals surface area contributed by atoms with E-state index in [0.29, 0.717) is 0 Å². The van der Waals surface area contributed by atoms with Crippen molar-refractivity contribution in [2.24, 2.45) is 11.5 Å². The molecule has 4 N–H and O–H groups in total. The maximum atomic E-state index is 11.2. The largest absolute Gasteiger partial charge is 0.468 e. The number of esters is 1. The van der Waals surface area contributed by atoms with E-state index in [4.69, 9.17) is 11.5 Å². The topological polar surface area (TPSA) is 95.4 Å². The number of ether oxygens (including phenoxy) is 1. The van der Waals surface area contributed by atoms with Crippen LogP contribution in [0.5, 0.6) is 0 Å². The molecule has 5 heteroatoms. The van der Waals surface area contributed by atoms with Crippen LogP contribution in [0, 0.1) is 0 Å². The van der Waals surface area contributed by atoms with Crippen LogP contribution in [-0.4, -0.2) is 30.4 Å². The van der Waals surface area contributed by atoms with Crippen molar-refractivity contribution in [2.45, 2.75) is 31.8 Å². The van der Waals surface area contributed by atoms with E-state index in [1.165, 1.54) is 14.0 Å². The molecule has 0 spiro atoms. The van der Waals surface area contributed by atoms with Gasteiger partial charge in [0.15, 0.2) is 5.78 Å². The highest BCUT2D eigenvalue weighted by Gasteiger charge is 2.32. The minimum Gasteiger partial charge on any atom is -0.468 e. The molecule has 0 aliphatic heterocycles. The summed E-state index contributed by atoms with van der Waals surface area (Å²) >= 11 is 0. The van der Waals surface area contributed by atoms with Gasteiger partial charge in [0.2, 0.25) is 0 Å². The van der Waals surface area contributed by atoms with E-state index in [2.05, 4.69) is 4.74 Å². The van der Waals surface area contributed by atoms with Gasteiger partial charge in [-0.1, -0.05) is 0 Å². The van der Waals surface area contributed by atoms with Gasteiger partial charge in [-0.15, -0.1) is 0 Å². The number of methoxy groups -OCH3 is 1. The standard InChI is InChI=1S/C8H16N2O3/c1-5(9)6(11)4-8(2,10)7(12)13-3/h5H,4,9-10H2,1-3H3/t5-,8?/m1/s1. The molecule has 0 aliphatic rings. The molecule has 0 aromatic rings. The third-order valence-corrected chi connectivity index (χ3v) is 1.70. The molecule has 0 saturated heterocycles. The fraction of sp³-hybridized carbons (Fsp3) is 0.750. The van der Waals surface area contributed by atoms with Gasteiger partial charge in [0.05, 0.1) is 13.2 Å². The first-order valence-electron chi connectivity index (χ1n) is 3.97. The average Bonchev–Trinajstić information content (AvgIpc) is 2.01. The number of carbonyl (C=O) groups is 2. The highest BCUT2D eigenvalue weighted by Crippen LogP contribution is 2.09. The first kappa shape index (κ1) is 12.1. The molecule has 0 saturated carbocycles. The van der Waals surface area contributed by atoms with Crippen LogP contribution in [0.2, 0.25) is 0 Å². The molecule has 2 atom stereocenters. The molecule has 0 aliphatic carbocycles. The SMILES string of the molecule is COC(=O)C(C)(N)CC(=O)[C@@H](C)N. The first-order valence-corrected chi connectivity index (χ1v) is 3.97. The molecule has 0 aromatic heterocycles. The average molecular weight is 188 g/mol. The van der Waals surface area contributed by atoms with Crippen molar-refractivity contribution in [3.63, 3.8) is 0 Å². The van der Waals surface area contributed by atoms with Gasteiger partial charge >= 0.3 is 5.97 Å². The molecule has 76 valence electrons. The molecule has 0 aromatic carbocycles. The molecule has 1 unspecified atom stereocenters. The second-order valence-corrected chi connectivity index (χ2v) is 3.34. The lowest BCUT2D eigenvalue weighted by atomic mass is 9.94. The zero-order chi connectivity index (χ0) is 10.6. The van der Waals surface area contributed by atoms with Crippen LogP contribution < -0.4 is 11.5 Å². The molecule has 0 fully saturated rings. The van der Waals surface area contributed by atoms with Crippen LogP contribution in [-0.2, 0) is 14.3 Å². The van der Waals surface area contributed by atoms with Crippen molar-refractivity contribution < 1.29 is 14.3 Å². The maximum Gasteiger partial charge on any atom is 0.326 e. The number of ketones is 1. The Balaban J connectivity index is 4.33. The molecular weight excluding hydrogens is 172 g/mol. The zero-order valence-corrected chi connectivity index (χ0v) is 8.16. The first-order chi connectivity index (χ1) is 5.81. The van der Waals surface area contributed by atoms with E-state index in [-0.39, 0.29) is 12.2 Å². The number of nitrogens with two attached hydrogens (primary N) is 2. The smallest absolute Gasteiger partial charge is 0.326 e. The summed E-state index contributed by atoms with van der Waals surface area (Å²) in [5.74, 6) is -0.864. The molecule has 0 rings (SSSR count). The van der Waals surface area contributed by atoms with Crippen molar-refractivity contribution in [2.75, 3.05) is 7.11 Å². The van der Waals surface area contributed by atoms with Gasteiger partial charge in [0.25, 0.3) is 0 Å². The molecule has 0 amide bonds. The Morgan fingerprint density at radius 2 is 2.00 bits per heavy atom. The maximum absolute atomic E-state index is 11.2. The molecule has 13 heavy (non-hydrogen) atoms. The number of rotatable bonds is 4. The van der Waals surface area contributed by atoms with E-state index in [1.807, 2.05) is 0 Å². The third kappa shape index (κ3) is 3.52. The van der Waals surface area contributed by atoms with Crippen LogP contribution in [0.4, 0.5) is 0 Å². The summed E-state index contributed by atoms with van der Waals surface area (Å²) in [5, 5.41) is 0. The Morgan fingerprint density at radius 3 is 2.31 bits per heavy atom.